The summed E-state index contributed by atoms with van der Waals surface area (Å²) in [4.78, 5) is 16.7. The molecule has 0 radical (unpaired) electrons. The van der Waals surface area contributed by atoms with Gasteiger partial charge in [-0.15, -0.1) is 0 Å². The van der Waals surface area contributed by atoms with Crippen molar-refractivity contribution in [2.24, 2.45) is 4.99 Å². The highest BCUT2D eigenvalue weighted by atomic mass is 35.5. The van der Waals surface area contributed by atoms with E-state index in [2.05, 4.69) is 20.9 Å². The second kappa shape index (κ2) is 13.5. The molecule has 30 heavy (non-hydrogen) atoms. The Morgan fingerprint density at radius 3 is 2.70 bits per heavy atom. The molecule has 162 valence electrons. The fourth-order valence-electron chi connectivity index (χ4n) is 2.58. The van der Waals surface area contributed by atoms with Crippen LogP contribution in [0.2, 0.25) is 5.02 Å². The number of guanidine groups is 1. The number of halogens is 1. The molecule has 0 saturated carbocycles. The third-order valence-corrected chi connectivity index (χ3v) is 4.32. The molecule has 0 spiro atoms. The highest BCUT2D eigenvalue weighted by molar-refractivity contribution is 6.33. The SMILES string of the molecule is CCNC(=NCCNC(=O)c1ccccc1Cl)Nc1cccc(OCCCOC)c1. The van der Waals surface area contributed by atoms with Gasteiger partial charge in [0, 0.05) is 45.0 Å². The van der Waals surface area contributed by atoms with Gasteiger partial charge in [-0.1, -0.05) is 29.8 Å². The monoisotopic (exact) mass is 432 g/mol. The molecule has 0 aromatic heterocycles. The molecule has 1 amide bonds. The van der Waals surface area contributed by atoms with Crippen LogP contribution >= 0.6 is 11.6 Å². The van der Waals surface area contributed by atoms with Crippen molar-refractivity contribution >= 4 is 29.2 Å². The number of amides is 1. The zero-order chi connectivity index (χ0) is 21.6. The number of nitrogens with one attached hydrogen (secondary N) is 3. The van der Waals surface area contributed by atoms with Crippen molar-refractivity contribution in [2.75, 3.05) is 45.3 Å². The number of carbonyl (C=O) groups excluding carboxylic acids is 1. The maximum Gasteiger partial charge on any atom is 0.252 e. The third kappa shape index (κ3) is 8.31. The summed E-state index contributed by atoms with van der Waals surface area (Å²) in [6.07, 6.45) is 0.832. The van der Waals surface area contributed by atoms with Crippen LogP contribution in [0.3, 0.4) is 0 Å². The molecule has 2 aromatic rings. The van der Waals surface area contributed by atoms with Crippen LogP contribution in [0.15, 0.2) is 53.5 Å². The molecule has 7 nitrogen and oxygen atoms in total. The molecule has 0 fully saturated rings. The van der Waals surface area contributed by atoms with Crippen molar-refractivity contribution in [2.45, 2.75) is 13.3 Å². The van der Waals surface area contributed by atoms with Gasteiger partial charge in [0.1, 0.15) is 5.75 Å². The Morgan fingerprint density at radius 2 is 1.93 bits per heavy atom. The molecular weight excluding hydrogens is 404 g/mol. The standard InChI is InChI=1S/C22H29ClN4O3/c1-3-24-22(26-13-12-25-21(28)19-10-4-5-11-20(19)23)27-17-8-6-9-18(16-17)30-15-7-14-29-2/h4-6,8-11,16H,3,7,12-15H2,1-2H3,(H,25,28)(H2,24,26,27). The summed E-state index contributed by atoms with van der Waals surface area (Å²) in [6.45, 7) is 4.78. The van der Waals surface area contributed by atoms with Crippen LogP contribution in [0.5, 0.6) is 5.75 Å². The molecule has 0 heterocycles. The summed E-state index contributed by atoms with van der Waals surface area (Å²) >= 11 is 6.05. The maximum atomic E-state index is 12.2. The summed E-state index contributed by atoms with van der Waals surface area (Å²) in [5.41, 5.74) is 1.31. The first-order chi connectivity index (χ1) is 14.6. The van der Waals surface area contributed by atoms with E-state index in [1.54, 1.807) is 31.4 Å². The number of benzene rings is 2. The number of nitrogens with zero attached hydrogens (tertiary/aromatic N) is 1. The molecule has 0 aliphatic rings. The first-order valence-corrected chi connectivity index (χ1v) is 10.3. The predicted molar refractivity (Wildman–Crippen MR) is 122 cm³/mol. The molecule has 0 saturated heterocycles. The van der Waals surface area contributed by atoms with Gasteiger partial charge in [0.15, 0.2) is 5.96 Å². The van der Waals surface area contributed by atoms with Gasteiger partial charge >= 0.3 is 0 Å². The first kappa shape index (κ1) is 23.5. The van der Waals surface area contributed by atoms with Crippen molar-refractivity contribution in [3.05, 3.63) is 59.1 Å². The molecule has 0 aliphatic heterocycles. The lowest BCUT2D eigenvalue weighted by Gasteiger charge is -2.13. The highest BCUT2D eigenvalue weighted by Crippen LogP contribution is 2.17. The van der Waals surface area contributed by atoms with E-state index in [1.165, 1.54) is 0 Å². The number of aliphatic imine (C=N–C) groups is 1. The Kier molecular flexibility index (Phi) is 10.5. The summed E-state index contributed by atoms with van der Waals surface area (Å²) in [6, 6.07) is 14.6. The van der Waals surface area contributed by atoms with Gasteiger partial charge < -0.3 is 25.4 Å². The fraction of sp³-hybridized carbons (Fsp3) is 0.364. The van der Waals surface area contributed by atoms with Crippen molar-refractivity contribution in [1.29, 1.82) is 0 Å². The average Bonchev–Trinajstić information content (AvgIpc) is 2.75. The zero-order valence-corrected chi connectivity index (χ0v) is 18.2. The Hall–Kier alpha value is -2.77. The van der Waals surface area contributed by atoms with Crippen molar-refractivity contribution in [3.8, 4) is 5.75 Å². The summed E-state index contributed by atoms with van der Waals surface area (Å²) in [5, 5.41) is 9.69. The van der Waals surface area contributed by atoms with Gasteiger partial charge in [-0.05, 0) is 31.2 Å². The van der Waals surface area contributed by atoms with E-state index in [0.29, 0.717) is 49.4 Å². The van der Waals surface area contributed by atoms with Crippen molar-refractivity contribution in [3.63, 3.8) is 0 Å². The highest BCUT2D eigenvalue weighted by Gasteiger charge is 2.08. The number of ether oxygens (including phenoxy) is 2. The molecule has 0 aliphatic carbocycles. The molecule has 0 bridgehead atoms. The van der Waals surface area contributed by atoms with Gasteiger partial charge in [-0.3, -0.25) is 9.79 Å². The van der Waals surface area contributed by atoms with E-state index in [-0.39, 0.29) is 5.91 Å². The van der Waals surface area contributed by atoms with Crippen LogP contribution in [0.25, 0.3) is 0 Å². The van der Waals surface area contributed by atoms with Crippen LogP contribution in [-0.4, -0.2) is 51.8 Å². The number of hydrogen-bond acceptors (Lipinski definition) is 4. The van der Waals surface area contributed by atoms with Gasteiger partial charge in [0.2, 0.25) is 0 Å². The van der Waals surface area contributed by atoms with E-state index in [0.717, 1.165) is 17.9 Å². The number of methoxy groups -OCH3 is 1. The minimum Gasteiger partial charge on any atom is -0.493 e. The van der Waals surface area contributed by atoms with Gasteiger partial charge in [-0.25, -0.2) is 0 Å². The van der Waals surface area contributed by atoms with E-state index in [1.807, 2.05) is 31.2 Å². The van der Waals surface area contributed by atoms with E-state index in [4.69, 9.17) is 21.1 Å². The summed E-state index contributed by atoms with van der Waals surface area (Å²) in [5.74, 6) is 1.19. The van der Waals surface area contributed by atoms with E-state index in [9.17, 15) is 4.79 Å². The predicted octanol–water partition coefficient (Wildman–Crippen LogP) is 3.56. The van der Waals surface area contributed by atoms with Crippen LogP contribution in [0, 0.1) is 0 Å². The Balaban J connectivity index is 1.87. The molecule has 0 unspecified atom stereocenters. The number of hydrogen-bond donors (Lipinski definition) is 3. The lowest BCUT2D eigenvalue weighted by atomic mass is 10.2. The normalized spacial score (nSPS) is 11.1. The lowest BCUT2D eigenvalue weighted by Crippen LogP contribution is -2.32. The van der Waals surface area contributed by atoms with Crippen LogP contribution in [0.1, 0.15) is 23.7 Å². The molecule has 0 atom stereocenters. The maximum absolute atomic E-state index is 12.2. The van der Waals surface area contributed by atoms with E-state index < -0.39 is 0 Å². The summed E-state index contributed by atoms with van der Waals surface area (Å²) in [7, 11) is 1.67. The topological polar surface area (TPSA) is 84.0 Å². The minimum absolute atomic E-state index is 0.216. The fourth-order valence-corrected chi connectivity index (χ4v) is 2.80. The second-order valence-corrected chi connectivity index (χ2v) is 6.75. The zero-order valence-electron chi connectivity index (χ0n) is 17.4. The number of carbonyl (C=O) groups is 1. The number of rotatable bonds is 11. The molecular formula is C22H29ClN4O3. The quantitative estimate of drug-likeness (QED) is 0.287. The smallest absolute Gasteiger partial charge is 0.252 e. The summed E-state index contributed by atoms with van der Waals surface area (Å²) < 4.78 is 10.8. The number of anilines is 1. The van der Waals surface area contributed by atoms with E-state index >= 15 is 0 Å². The third-order valence-electron chi connectivity index (χ3n) is 3.99. The molecule has 2 aromatic carbocycles. The average molecular weight is 433 g/mol. The Bertz CT molecular complexity index is 830. The minimum atomic E-state index is -0.216. The van der Waals surface area contributed by atoms with Crippen LogP contribution in [0.4, 0.5) is 5.69 Å². The molecule has 8 heteroatoms. The van der Waals surface area contributed by atoms with Gasteiger partial charge in [0.25, 0.3) is 5.91 Å². The molecule has 2 rings (SSSR count). The van der Waals surface area contributed by atoms with Crippen LogP contribution < -0.4 is 20.7 Å². The Labute approximate surface area is 182 Å². The van der Waals surface area contributed by atoms with Crippen molar-refractivity contribution in [1.82, 2.24) is 10.6 Å². The van der Waals surface area contributed by atoms with Crippen LogP contribution in [-0.2, 0) is 4.74 Å². The van der Waals surface area contributed by atoms with Gasteiger partial charge in [-0.2, -0.15) is 0 Å². The first-order valence-electron chi connectivity index (χ1n) is 9.94. The van der Waals surface area contributed by atoms with Gasteiger partial charge in [0.05, 0.1) is 23.7 Å². The largest absolute Gasteiger partial charge is 0.493 e. The Morgan fingerprint density at radius 1 is 1.10 bits per heavy atom. The molecule has 3 N–H and O–H groups in total. The second-order valence-electron chi connectivity index (χ2n) is 6.34. The van der Waals surface area contributed by atoms with Crippen molar-refractivity contribution < 1.29 is 14.3 Å². The lowest BCUT2D eigenvalue weighted by molar-refractivity contribution is 0.0955.